The fraction of sp³-hybridized carbons (Fsp3) is 0.333. The quantitative estimate of drug-likeness (QED) is 0.446. The van der Waals surface area contributed by atoms with Crippen molar-refractivity contribution in [1.29, 1.82) is 0 Å². The number of aromatic amines is 1. The Hall–Kier alpha value is -0.943. The van der Waals surface area contributed by atoms with Crippen LogP contribution in [-0.2, 0) is 0 Å². The van der Waals surface area contributed by atoms with E-state index in [0.29, 0.717) is 0 Å². The molecule has 0 unspecified atom stereocenters. The average molecular weight is 163 g/mol. The molecule has 0 radical (unpaired) electrons. The Morgan fingerprint density at radius 1 is 1.36 bits per heavy atom. The maximum Gasteiger partial charge on any atom is 0.129 e. The lowest BCUT2D eigenvalue weighted by Crippen LogP contribution is -2.16. The minimum absolute atomic E-state index is 1.09. The normalized spacial score (nSPS) is 10.5. The molecular weight excluding hydrogens is 150 g/mol. The van der Waals surface area contributed by atoms with E-state index in [4.69, 9.17) is 0 Å². The third-order valence-corrected chi connectivity index (χ3v) is 2.05. The van der Waals surface area contributed by atoms with Crippen LogP contribution in [0, 0.1) is 11.5 Å². The fourth-order valence-corrected chi connectivity index (χ4v) is 1.18. The van der Waals surface area contributed by atoms with E-state index in [9.17, 15) is 0 Å². The van der Waals surface area contributed by atoms with Gasteiger partial charge in [0, 0.05) is 18.0 Å². The molecule has 1 heterocycles. The van der Waals surface area contributed by atoms with Crippen LogP contribution in [0.5, 0.6) is 0 Å². The number of hydrogen-bond donors (Lipinski definition) is 1. The molecule has 0 bridgehead atoms. The number of rotatable bonds is 0. The molecule has 0 fully saturated rings. The number of nitrogens with one attached hydrogen (secondary N) is 1. The standard InChI is InChI=1S/C9H13NSi/c1-11(2,3)7-5-9-4-6-10-8-9/h4,6,8,10H,1-3H3. The Balaban J connectivity index is 2.74. The molecule has 0 aromatic carbocycles. The highest BCUT2D eigenvalue weighted by atomic mass is 28.3. The van der Waals surface area contributed by atoms with E-state index in [-0.39, 0.29) is 0 Å². The van der Waals surface area contributed by atoms with E-state index >= 15 is 0 Å². The third kappa shape index (κ3) is 3.10. The SMILES string of the molecule is C[Si](C)(C)C#Cc1cc[nH]c1. The van der Waals surface area contributed by atoms with Gasteiger partial charge in [-0.2, -0.15) is 0 Å². The van der Waals surface area contributed by atoms with Gasteiger partial charge in [0.25, 0.3) is 0 Å². The van der Waals surface area contributed by atoms with Crippen molar-refractivity contribution in [3.8, 4) is 11.5 Å². The lowest BCUT2D eigenvalue weighted by Gasteiger charge is -2.02. The molecule has 11 heavy (non-hydrogen) atoms. The molecule has 1 nitrogen and oxygen atoms in total. The zero-order chi connectivity index (χ0) is 8.32. The van der Waals surface area contributed by atoms with E-state index in [1.54, 1.807) is 0 Å². The van der Waals surface area contributed by atoms with Gasteiger partial charge in [0.05, 0.1) is 0 Å². The predicted molar refractivity (Wildman–Crippen MR) is 51.0 cm³/mol. The van der Waals surface area contributed by atoms with Crippen LogP contribution in [-0.4, -0.2) is 13.1 Å². The lowest BCUT2D eigenvalue weighted by molar-refractivity contribution is 1.41. The molecule has 0 aliphatic rings. The fourth-order valence-electron chi connectivity index (χ4n) is 0.661. The van der Waals surface area contributed by atoms with Gasteiger partial charge in [-0.15, -0.1) is 5.54 Å². The zero-order valence-corrected chi connectivity index (χ0v) is 8.23. The molecular formula is C9H13NSi. The molecule has 0 saturated carbocycles. The summed E-state index contributed by atoms with van der Waals surface area (Å²) in [7, 11) is -1.19. The highest BCUT2D eigenvalue weighted by molar-refractivity contribution is 6.83. The van der Waals surface area contributed by atoms with E-state index in [1.165, 1.54) is 0 Å². The van der Waals surface area contributed by atoms with Crippen LogP contribution in [0.2, 0.25) is 19.6 Å². The highest BCUT2D eigenvalue weighted by Crippen LogP contribution is 1.99. The molecule has 0 atom stereocenters. The molecule has 0 aliphatic carbocycles. The first-order chi connectivity index (χ1) is 5.08. The number of aromatic nitrogens is 1. The van der Waals surface area contributed by atoms with E-state index in [0.717, 1.165) is 5.56 Å². The maximum absolute atomic E-state index is 3.29. The average Bonchev–Trinajstić information content (AvgIpc) is 2.32. The van der Waals surface area contributed by atoms with Gasteiger partial charge in [-0.25, -0.2) is 0 Å². The van der Waals surface area contributed by atoms with Crippen LogP contribution in [0.1, 0.15) is 5.56 Å². The van der Waals surface area contributed by atoms with Crippen LogP contribution in [0.4, 0.5) is 0 Å². The summed E-state index contributed by atoms with van der Waals surface area (Å²) in [6.07, 6.45) is 3.82. The van der Waals surface area contributed by atoms with Crippen LogP contribution < -0.4 is 0 Å². The Kier molecular flexibility index (Phi) is 2.21. The first-order valence-corrected chi connectivity index (χ1v) is 7.24. The van der Waals surface area contributed by atoms with Crippen molar-refractivity contribution < 1.29 is 0 Å². The first kappa shape index (κ1) is 8.16. The summed E-state index contributed by atoms with van der Waals surface area (Å²) in [4.78, 5) is 2.98. The molecule has 0 spiro atoms. The van der Waals surface area contributed by atoms with Crippen LogP contribution >= 0.6 is 0 Å². The Morgan fingerprint density at radius 2 is 2.09 bits per heavy atom. The van der Waals surface area contributed by atoms with Gasteiger partial charge >= 0.3 is 0 Å². The second-order valence-electron chi connectivity index (χ2n) is 3.60. The van der Waals surface area contributed by atoms with Crippen molar-refractivity contribution in [2.75, 3.05) is 0 Å². The van der Waals surface area contributed by atoms with Crippen molar-refractivity contribution in [1.82, 2.24) is 4.98 Å². The van der Waals surface area contributed by atoms with Gasteiger partial charge in [-0.1, -0.05) is 25.6 Å². The van der Waals surface area contributed by atoms with E-state index < -0.39 is 8.07 Å². The molecule has 0 saturated heterocycles. The Labute approximate surface area is 68.8 Å². The van der Waals surface area contributed by atoms with Crippen molar-refractivity contribution in [2.45, 2.75) is 19.6 Å². The molecule has 0 aliphatic heterocycles. The summed E-state index contributed by atoms with van der Waals surface area (Å²) < 4.78 is 0. The topological polar surface area (TPSA) is 15.8 Å². The summed E-state index contributed by atoms with van der Waals surface area (Å²) in [5.41, 5.74) is 4.38. The van der Waals surface area contributed by atoms with Gasteiger partial charge in [0.1, 0.15) is 8.07 Å². The van der Waals surface area contributed by atoms with Crippen LogP contribution in [0.15, 0.2) is 18.5 Å². The summed E-state index contributed by atoms with van der Waals surface area (Å²) in [6.45, 7) is 6.73. The Morgan fingerprint density at radius 3 is 2.55 bits per heavy atom. The number of hydrogen-bond acceptors (Lipinski definition) is 0. The van der Waals surface area contributed by atoms with Gasteiger partial charge in [-0.05, 0) is 6.07 Å². The van der Waals surface area contributed by atoms with Gasteiger partial charge < -0.3 is 4.98 Å². The smallest absolute Gasteiger partial charge is 0.129 e. The van der Waals surface area contributed by atoms with Gasteiger partial charge in [0.2, 0.25) is 0 Å². The van der Waals surface area contributed by atoms with Gasteiger partial charge in [0.15, 0.2) is 0 Å². The first-order valence-electron chi connectivity index (χ1n) is 3.74. The number of H-pyrrole nitrogens is 1. The lowest BCUT2D eigenvalue weighted by atomic mass is 10.4. The largest absolute Gasteiger partial charge is 0.367 e. The summed E-state index contributed by atoms with van der Waals surface area (Å²) in [5, 5.41) is 0. The molecule has 1 rings (SSSR count). The van der Waals surface area contributed by atoms with Crippen molar-refractivity contribution in [2.24, 2.45) is 0 Å². The van der Waals surface area contributed by atoms with E-state index in [1.807, 2.05) is 18.5 Å². The molecule has 1 N–H and O–H groups in total. The van der Waals surface area contributed by atoms with Crippen molar-refractivity contribution in [3.05, 3.63) is 24.0 Å². The third-order valence-electron chi connectivity index (χ3n) is 1.18. The summed E-state index contributed by atoms with van der Waals surface area (Å²) >= 11 is 0. The monoisotopic (exact) mass is 163 g/mol. The van der Waals surface area contributed by atoms with Crippen LogP contribution in [0.3, 0.4) is 0 Å². The second-order valence-corrected chi connectivity index (χ2v) is 8.35. The maximum atomic E-state index is 3.29. The van der Waals surface area contributed by atoms with Crippen molar-refractivity contribution in [3.63, 3.8) is 0 Å². The predicted octanol–water partition coefficient (Wildman–Crippen LogP) is 2.24. The molecule has 1 aromatic rings. The van der Waals surface area contributed by atoms with E-state index in [2.05, 4.69) is 36.1 Å². The van der Waals surface area contributed by atoms with Crippen LogP contribution in [0.25, 0.3) is 0 Å². The Bertz CT molecular complexity index is 269. The minimum Gasteiger partial charge on any atom is -0.367 e. The van der Waals surface area contributed by atoms with Crippen molar-refractivity contribution >= 4 is 8.07 Å². The summed E-state index contributed by atoms with van der Waals surface area (Å²) in [6, 6.07) is 1.99. The van der Waals surface area contributed by atoms with Gasteiger partial charge in [-0.3, -0.25) is 0 Å². The minimum atomic E-state index is -1.19. The highest BCUT2D eigenvalue weighted by Gasteiger charge is 2.07. The molecule has 1 aromatic heterocycles. The molecule has 2 heteroatoms. The zero-order valence-electron chi connectivity index (χ0n) is 7.23. The molecule has 0 amide bonds. The summed E-state index contributed by atoms with van der Waals surface area (Å²) in [5.74, 6) is 3.15. The molecule has 58 valence electrons. The second kappa shape index (κ2) is 2.98.